The van der Waals surface area contributed by atoms with Gasteiger partial charge in [-0.15, -0.1) is 0 Å². The number of carbonyl (C=O) groups excluding carboxylic acids is 2. The van der Waals surface area contributed by atoms with Crippen LogP contribution in [0.1, 0.15) is 37.5 Å². The molecular formula is C21H24N2O5S. The molecule has 4 rings (SSSR count). The fraction of sp³-hybridized carbons (Fsp3) is 0.429. The molecule has 29 heavy (non-hydrogen) atoms. The third-order valence-corrected chi connectivity index (χ3v) is 7.14. The summed E-state index contributed by atoms with van der Waals surface area (Å²) in [5.74, 6) is 0.252. The number of amides is 2. The van der Waals surface area contributed by atoms with Crippen LogP contribution in [0.2, 0.25) is 0 Å². The highest BCUT2D eigenvalue weighted by atomic mass is 32.2. The number of hydrogen-bond acceptors (Lipinski definition) is 5. The summed E-state index contributed by atoms with van der Waals surface area (Å²) in [7, 11) is -3.60. The topological polar surface area (TPSA) is 96.7 Å². The van der Waals surface area contributed by atoms with Crippen molar-refractivity contribution in [3.8, 4) is 0 Å². The van der Waals surface area contributed by atoms with Gasteiger partial charge in [-0.2, -0.15) is 0 Å². The Bertz CT molecular complexity index is 1030. The average molecular weight is 416 g/mol. The van der Waals surface area contributed by atoms with E-state index in [0.717, 1.165) is 24.1 Å². The minimum atomic E-state index is -3.60. The highest BCUT2D eigenvalue weighted by Crippen LogP contribution is 2.39. The average Bonchev–Trinajstić information content (AvgIpc) is 3.31. The van der Waals surface area contributed by atoms with Crippen LogP contribution in [0.25, 0.3) is 0 Å². The van der Waals surface area contributed by atoms with Crippen molar-refractivity contribution < 1.29 is 22.4 Å². The van der Waals surface area contributed by atoms with Crippen LogP contribution < -0.4 is 10.2 Å². The van der Waals surface area contributed by atoms with Crippen molar-refractivity contribution in [1.82, 2.24) is 5.32 Å². The molecule has 0 saturated heterocycles. The third kappa shape index (κ3) is 4.22. The molecular weight excluding hydrogens is 392 g/mol. The SMILES string of the molecule is C[C@H]1Cc2cc(S(=O)(=O)CCC(=O)NCc3ccco3)ccc2N1C(=O)C1CC1. The minimum absolute atomic E-state index is 0.0310. The number of anilines is 1. The number of benzene rings is 1. The molecule has 1 aliphatic heterocycles. The zero-order valence-electron chi connectivity index (χ0n) is 16.3. The molecule has 1 aromatic carbocycles. The van der Waals surface area contributed by atoms with E-state index in [4.69, 9.17) is 4.42 Å². The Morgan fingerprint density at radius 2 is 2.03 bits per heavy atom. The first kappa shape index (κ1) is 19.7. The van der Waals surface area contributed by atoms with E-state index in [-0.39, 0.29) is 47.4 Å². The van der Waals surface area contributed by atoms with Gasteiger partial charge in [0.15, 0.2) is 9.84 Å². The van der Waals surface area contributed by atoms with E-state index >= 15 is 0 Å². The quantitative estimate of drug-likeness (QED) is 0.748. The molecule has 7 nitrogen and oxygen atoms in total. The van der Waals surface area contributed by atoms with Crippen LogP contribution in [0.5, 0.6) is 0 Å². The van der Waals surface area contributed by atoms with Gasteiger partial charge in [0.2, 0.25) is 11.8 Å². The summed E-state index contributed by atoms with van der Waals surface area (Å²) in [6.07, 6.45) is 3.90. The van der Waals surface area contributed by atoms with Gasteiger partial charge in [0.05, 0.1) is 23.5 Å². The summed E-state index contributed by atoms with van der Waals surface area (Å²) in [5, 5.41) is 2.65. The van der Waals surface area contributed by atoms with E-state index in [1.54, 1.807) is 30.3 Å². The zero-order valence-corrected chi connectivity index (χ0v) is 17.1. The predicted octanol–water partition coefficient (Wildman–Crippen LogP) is 2.45. The number of furan rings is 1. The van der Waals surface area contributed by atoms with E-state index < -0.39 is 9.84 Å². The third-order valence-electron chi connectivity index (χ3n) is 5.43. The second-order valence-corrected chi connectivity index (χ2v) is 9.86. The van der Waals surface area contributed by atoms with Crippen LogP contribution in [0.15, 0.2) is 45.9 Å². The number of nitrogens with zero attached hydrogens (tertiary/aromatic N) is 1. The van der Waals surface area contributed by atoms with Crippen molar-refractivity contribution in [1.29, 1.82) is 0 Å². The summed E-state index contributed by atoms with van der Waals surface area (Å²) in [4.78, 5) is 26.5. The molecule has 1 saturated carbocycles. The van der Waals surface area contributed by atoms with Crippen molar-refractivity contribution in [3.05, 3.63) is 47.9 Å². The molecule has 2 aliphatic rings. The lowest BCUT2D eigenvalue weighted by atomic mass is 10.1. The lowest BCUT2D eigenvalue weighted by molar-refractivity contribution is -0.121. The van der Waals surface area contributed by atoms with Gasteiger partial charge in [-0.1, -0.05) is 0 Å². The summed E-state index contributed by atoms with van der Waals surface area (Å²) in [6, 6.07) is 8.41. The Balaban J connectivity index is 1.40. The fourth-order valence-corrected chi connectivity index (χ4v) is 4.98. The largest absolute Gasteiger partial charge is 0.467 e. The van der Waals surface area contributed by atoms with E-state index in [1.165, 1.54) is 6.26 Å². The molecule has 1 aliphatic carbocycles. The molecule has 0 spiro atoms. The molecule has 8 heteroatoms. The fourth-order valence-electron chi connectivity index (χ4n) is 3.70. The second kappa shape index (κ2) is 7.67. The first-order valence-electron chi connectivity index (χ1n) is 9.83. The second-order valence-electron chi connectivity index (χ2n) is 7.75. The van der Waals surface area contributed by atoms with Crippen LogP contribution in [-0.2, 0) is 32.4 Å². The van der Waals surface area contributed by atoms with Gasteiger partial charge in [-0.3, -0.25) is 9.59 Å². The van der Waals surface area contributed by atoms with E-state index in [9.17, 15) is 18.0 Å². The molecule has 0 bridgehead atoms. The maximum Gasteiger partial charge on any atom is 0.230 e. The van der Waals surface area contributed by atoms with Crippen molar-refractivity contribution in [2.75, 3.05) is 10.7 Å². The van der Waals surface area contributed by atoms with Gasteiger partial charge < -0.3 is 14.6 Å². The molecule has 1 N–H and O–H groups in total. The first-order valence-corrected chi connectivity index (χ1v) is 11.5. The number of nitrogens with one attached hydrogen (secondary N) is 1. The summed E-state index contributed by atoms with van der Waals surface area (Å²) in [6.45, 7) is 2.21. The standard InChI is InChI=1S/C21H24N2O5S/c1-14-11-16-12-18(6-7-19(16)23(14)21(25)15-4-5-15)29(26,27)10-8-20(24)22-13-17-3-2-9-28-17/h2-3,6-7,9,12,14-15H,4-5,8,10-11,13H2,1H3,(H,22,24)/t14-/m0/s1. The Kier molecular flexibility index (Phi) is 5.21. The van der Waals surface area contributed by atoms with Gasteiger partial charge in [0, 0.05) is 24.1 Å². The molecule has 1 fully saturated rings. The number of hydrogen-bond donors (Lipinski definition) is 1. The highest BCUT2D eigenvalue weighted by molar-refractivity contribution is 7.91. The van der Waals surface area contributed by atoms with Crippen molar-refractivity contribution >= 4 is 27.3 Å². The molecule has 1 aromatic heterocycles. The predicted molar refractivity (Wildman–Crippen MR) is 107 cm³/mol. The zero-order chi connectivity index (χ0) is 20.6. The Hall–Kier alpha value is -2.61. The first-order chi connectivity index (χ1) is 13.8. The lowest BCUT2D eigenvalue weighted by Gasteiger charge is -2.22. The van der Waals surface area contributed by atoms with Crippen LogP contribution in [0.3, 0.4) is 0 Å². The molecule has 2 aromatic rings. The Morgan fingerprint density at radius 3 is 2.72 bits per heavy atom. The number of sulfone groups is 1. The maximum absolute atomic E-state index is 12.7. The van der Waals surface area contributed by atoms with Crippen LogP contribution in [0.4, 0.5) is 5.69 Å². The monoisotopic (exact) mass is 416 g/mol. The van der Waals surface area contributed by atoms with E-state index in [2.05, 4.69) is 5.32 Å². The molecule has 154 valence electrons. The minimum Gasteiger partial charge on any atom is -0.467 e. The van der Waals surface area contributed by atoms with Crippen molar-refractivity contribution in [2.45, 2.75) is 50.1 Å². The number of rotatable bonds is 7. The van der Waals surface area contributed by atoms with Gasteiger partial charge in [0.1, 0.15) is 5.76 Å². The van der Waals surface area contributed by atoms with E-state index in [1.807, 2.05) is 11.8 Å². The molecule has 0 radical (unpaired) electrons. The Labute approximate surface area is 170 Å². The smallest absolute Gasteiger partial charge is 0.230 e. The molecule has 2 heterocycles. The Morgan fingerprint density at radius 1 is 1.24 bits per heavy atom. The number of carbonyl (C=O) groups is 2. The molecule has 0 unspecified atom stereocenters. The van der Waals surface area contributed by atoms with Crippen LogP contribution in [0, 0.1) is 5.92 Å². The van der Waals surface area contributed by atoms with Gasteiger partial charge in [-0.05, 0) is 62.1 Å². The highest BCUT2D eigenvalue weighted by Gasteiger charge is 2.39. The van der Waals surface area contributed by atoms with Gasteiger partial charge in [0.25, 0.3) is 0 Å². The van der Waals surface area contributed by atoms with Gasteiger partial charge >= 0.3 is 0 Å². The van der Waals surface area contributed by atoms with Crippen LogP contribution >= 0.6 is 0 Å². The van der Waals surface area contributed by atoms with E-state index in [0.29, 0.717) is 12.2 Å². The van der Waals surface area contributed by atoms with Crippen LogP contribution in [-0.4, -0.2) is 32.0 Å². The summed E-state index contributed by atoms with van der Waals surface area (Å²) < 4.78 is 30.5. The normalized spacial score (nSPS) is 18.5. The van der Waals surface area contributed by atoms with Gasteiger partial charge in [-0.25, -0.2) is 8.42 Å². The lowest BCUT2D eigenvalue weighted by Crippen LogP contribution is -2.36. The summed E-state index contributed by atoms with van der Waals surface area (Å²) in [5.41, 5.74) is 1.68. The van der Waals surface area contributed by atoms with Crippen molar-refractivity contribution in [2.24, 2.45) is 5.92 Å². The van der Waals surface area contributed by atoms with Crippen molar-refractivity contribution in [3.63, 3.8) is 0 Å². The maximum atomic E-state index is 12.7. The molecule has 1 atom stereocenters. The molecule has 2 amide bonds. The summed E-state index contributed by atoms with van der Waals surface area (Å²) >= 11 is 0. The number of fused-ring (bicyclic) bond motifs is 1.